The second-order valence-corrected chi connectivity index (χ2v) is 10.1. The first-order valence-electron chi connectivity index (χ1n) is 11.1. The Morgan fingerprint density at radius 1 is 0.611 bits per heavy atom. The number of carbonyl (C=O) groups excluding carboxylic acids is 8. The normalized spacial score (nSPS) is 15.3. The van der Waals surface area contributed by atoms with Crippen molar-refractivity contribution < 1.29 is 48.0 Å². The molecule has 2 fully saturated rings. The molecule has 2 rings (SSSR count). The Kier molecular flexibility index (Phi) is 12.2. The molecule has 0 aromatic rings. The average Bonchev–Trinajstić information content (AvgIpc) is 3.33. The van der Waals surface area contributed by atoms with Gasteiger partial charge < -0.3 is 20.3 Å². The smallest absolute Gasteiger partial charge is 0.333 e. The van der Waals surface area contributed by atoms with Gasteiger partial charge in [-0.1, -0.05) is 21.6 Å². The van der Waals surface area contributed by atoms with Gasteiger partial charge in [-0.25, -0.2) is 9.59 Å². The zero-order chi connectivity index (χ0) is 26.5. The molecule has 2 heterocycles. The van der Waals surface area contributed by atoms with Gasteiger partial charge in [0.2, 0.25) is 11.8 Å². The lowest BCUT2D eigenvalue weighted by Crippen LogP contribution is -2.33. The van der Waals surface area contributed by atoms with Crippen LogP contribution in [0.1, 0.15) is 51.4 Å². The highest BCUT2D eigenvalue weighted by Gasteiger charge is 2.33. The standard InChI is InChI=1S/C20H26N4O10S2/c25-13(1-7-19(31)33-23-15(27)3-4-16(23)28)21-9-11-35-36-12-10-22-14(26)2-8-20(32)34-24-17(29)5-6-18(24)30/h1-12H2,(H,21,25)(H,22,26)/i1+1,2+1,7+1,8+1,13+1,14+1,19+1,20+1. The third-order valence-corrected chi connectivity index (χ3v) is 7.02. The largest absolute Gasteiger partial charge is 0.355 e. The van der Waals surface area contributed by atoms with Crippen LogP contribution in [0, 0.1) is 0 Å². The lowest BCUT2D eigenvalue weighted by molar-refractivity contribution is -0.197. The van der Waals surface area contributed by atoms with E-state index in [9.17, 15) is 38.4 Å². The Hall–Kier alpha value is -3.14. The molecule has 0 unspecified atom stereocenters. The Balaban J connectivity index is 1.41. The number of hydroxylamine groups is 4. The quantitative estimate of drug-likeness (QED) is 0.113. The van der Waals surface area contributed by atoms with Crippen LogP contribution in [0.15, 0.2) is 0 Å². The Morgan fingerprint density at radius 3 is 1.28 bits per heavy atom. The van der Waals surface area contributed by atoms with Gasteiger partial charge in [-0.2, -0.15) is 0 Å². The maximum atomic E-state index is 11.8. The van der Waals surface area contributed by atoms with Crippen molar-refractivity contribution in [3.05, 3.63) is 0 Å². The highest BCUT2D eigenvalue weighted by molar-refractivity contribution is 8.76. The molecule has 2 N–H and O–H groups in total. The fraction of sp³-hybridized carbons (Fsp3) is 0.600. The second-order valence-electron chi connectivity index (χ2n) is 7.43. The van der Waals surface area contributed by atoms with E-state index in [-0.39, 0.29) is 63.2 Å². The average molecular weight is 555 g/mol. The summed E-state index contributed by atoms with van der Waals surface area (Å²) < 4.78 is 0. The van der Waals surface area contributed by atoms with Crippen LogP contribution in [0.5, 0.6) is 0 Å². The lowest BCUT2D eigenvalue weighted by Gasteiger charge is -2.12. The van der Waals surface area contributed by atoms with Crippen LogP contribution in [0.3, 0.4) is 0 Å². The molecule has 0 saturated carbocycles. The predicted molar refractivity (Wildman–Crippen MR) is 124 cm³/mol. The van der Waals surface area contributed by atoms with E-state index in [4.69, 9.17) is 0 Å². The highest BCUT2D eigenvalue weighted by Crippen LogP contribution is 2.19. The summed E-state index contributed by atoms with van der Waals surface area (Å²) in [5, 5.41) is 6.13. The van der Waals surface area contributed by atoms with E-state index in [1.54, 1.807) is 0 Å². The molecule has 0 spiro atoms. The lowest BCUT2D eigenvalue weighted by atomic mass is 10.4. The van der Waals surface area contributed by atoms with E-state index < -0.39 is 35.6 Å². The van der Waals surface area contributed by atoms with Gasteiger partial charge in [-0.05, 0) is 0 Å². The summed E-state index contributed by atoms with van der Waals surface area (Å²) in [5.74, 6) is -3.60. The van der Waals surface area contributed by atoms with Gasteiger partial charge in [-0.3, -0.25) is 28.8 Å². The molecule has 2 saturated heterocycles. The van der Waals surface area contributed by atoms with E-state index in [2.05, 4.69) is 20.3 Å². The SMILES string of the molecule is O=C1CCC(=O)N1O[13C](=O)[13CH2][13CH2][13C](=O)NCCSSCCN[13C](=O)[13CH2][13CH2][13C](=O)ON1C(=O)CCC1=O. The molecule has 16 heteroatoms. The molecule has 0 radical (unpaired) electrons. The van der Waals surface area contributed by atoms with Crippen molar-refractivity contribution in [2.45, 2.75) is 51.4 Å². The van der Waals surface area contributed by atoms with Gasteiger partial charge in [0.25, 0.3) is 23.6 Å². The minimum Gasteiger partial charge on any atom is -0.355 e. The molecule has 2 aliphatic rings. The number of nitrogens with one attached hydrogen (secondary N) is 2. The van der Waals surface area contributed by atoms with Crippen LogP contribution in [-0.2, 0) is 48.0 Å². The molecule has 0 aromatic carbocycles. The summed E-state index contributed by atoms with van der Waals surface area (Å²) in [4.78, 5) is 102. The molecule has 14 nitrogen and oxygen atoms in total. The van der Waals surface area contributed by atoms with E-state index in [0.29, 0.717) is 34.7 Å². The van der Waals surface area contributed by atoms with E-state index >= 15 is 0 Å². The van der Waals surface area contributed by atoms with Gasteiger partial charge in [0.1, 0.15) is 0 Å². The molecule has 198 valence electrons. The molecule has 0 aliphatic carbocycles. The van der Waals surface area contributed by atoms with Crippen molar-refractivity contribution in [3.63, 3.8) is 0 Å². The van der Waals surface area contributed by atoms with Gasteiger partial charge in [-0.15, -0.1) is 10.1 Å². The first-order chi connectivity index (χ1) is 17.2. The van der Waals surface area contributed by atoms with Crippen molar-refractivity contribution in [2.75, 3.05) is 24.6 Å². The number of rotatable bonds is 15. The van der Waals surface area contributed by atoms with Gasteiger partial charge >= 0.3 is 11.9 Å². The van der Waals surface area contributed by atoms with E-state index in [1.807, 2.05) is 0 Å². The highest BCUT2D eigenvalue weighted by atomic mass is 33.1. The minimum atomic E-state index is -0.839. The summed E-state index contributed by atoms with van der Waals surface area (Å²) in [7, 11) is 2.93. The molecular formula is C20H26N4O10S2. The first-order valence-corrected chi connectivity index (χ1v) is 13.6. The van der Waals surface area contributed by atoms with Gasteiger partial charge in [0.05, 0.1) is 12.8 Å². The van der Waals surface area contributed by atoms with Crippen LogP contribution in [0.2, 0.25) is 0 Å². The van der Waals surface area contributed by atoms with Crippen LogP contribution in [0.25, 0.3) is 0 Å². The monoisotopic (exact) mass is 554 g/mol. The minimum absolute atomic E-state index is 0.00183. The fourth-order valence-corrected chi connectivity index (χ4v) is 4.61. The predicted octanol–water partition coefficient (Wildman–Crippen LogP) is -0.625. The van der Waals surface area contributed by atoms with Crippen molar-refractivity contribution in [2.24, 2.45) is 0 Å². The molecule has 0 atom stereocenters. The third-order valence-electron chi connectivity index (χ3n) is 4.61. The van der Waals surface area contributed by atoms with Crippen molar-refractivity contribution in [1.29, 1.82) is 0 Å². The Morgan fingerprint density at radius 2 is 0.944 bits per heavy atom. The zero-order valence-electron chi connectivity index (χ0n) is 19.3. The van der Waals surface area contributed by atoms with Crippen LogP contribution in [0.4, 0.5) is 0 Å². The summed E-state index contributed by atoms with van der Waals surface area (Å²) in [5.41, 5.74) is 0. The van der Waals surface area contributed by atoms with E-state index in [0.717, 1.165) is 0 Å². The molecular weight excluding hydrogens is 528 g/mol. The molecule has 0 bridgehead atoms. The summed E-state index contributed by atoms with van der Waals surface area (Å²) >= 11 is 0. The van der Waals surface area contributed by atoms with Crippen molar-refractivity contribution >= 4 is 69.0 Å². The van der Waals surface area contributed by atoms with Crippen LogP contribution in [-0.4, -0.2) is 82.1 Å². The maximum absolute atomic E-state index is 11.8. The number of carbonyl (C=O) groups is 8. The number of amides is 6. The fourth-order valence-electron chi connectivity index (χ4n) is 2.80. The summed E-state index contributed by atoms with van der Waals surface area (Å²) in [6.45, 7) is 0.705. The topological polar surface area (TPSA) is 186 Å². The molecule has 6 amide bonds. The van der Waals surface area contributed by atoms with E-state index in [1.165, 1.54) is 21.6 Å². The van der Waals surface area contributed by atoms with Crippen molar-refractivity contribution in [3.8, 4) is 0 Å². The number of hydrogen-bond acceptors (Lipinski definition) is 12. The van der Waals surface area contributed by atoms with Crippen LogP contribution >= 0.6 is 21.6 Å². The second kappa shape index (κ2) is 15.1. The Bertz CT molecular complexity index is 809. The van der Waals surface area contributed by atoms with Gasteiger partial charge in [0, 0.05) is 63.1 Å². The third kappa shape index (κ3) is 10.2. The number of imide groups is 2. The summed E-state index contributed by atoms with van der Waals surface area (Å²) in [6.07, 6.45) is -0.825. The number of nitrogens with zero attached hydrogens (tertiary/aromatic N) is 2. The molecule has 0 aromatic heterocycles. The molecule has 2 aliphatic heterocycles. The zero-order valence-corrected chi connectivity index (χ0v) is 20.9. The number of hydrogen-bond donors (Lipinski definition) is 2. The van der Waals surface area contributed by atoms with Gasteiger partial charge in [0.15, 0.2) is 0 Å². The molecule has 36 heavy (non-hydrogen) atoms. The Labute approximate surface area is 213 Å². The maximum Gasteiger partial charge on any atom is 0.333 e. The first kappa shape index (κ1) is 29.1. The van der Waals surface area contributed by atoms with Crippen molar-refractivity contribution in [1.82, 2.24) is 20.8 Å². The summed E-state index contributed by atoms with van der Waals surface area (Å²) in [6, 6.07) is 0. The van der Waals surface area contributed by atoms with Crippen LogP contribution < -0.4 is 10.6 Å².